The molecule has 0 bridgehead atoms. The maximum absolute atomic E-state index is 12.8. The molecule has 2 aromatic carbocycles. The fourth-order valence-corrected chi connectivity index (χ4v) is 3.93. The van der Waals surface area contributed by atoms with Gasteiger partial charge in [-0.15, -0.1) is 11.8 Å². The molecule has 0 aromatic heterocycles. The van der Waals surface area contributed by atoms with Crippen LogP contribution in [0.15, 0.2) is 53.4 Å². The number of benzene rings is 2. The molecular formula is C24H32OS. The summed E-state index contributed by atoms with van der Waals surface area (Å²) in [6.07, 6.45) is 3.35. The average Bonchev–Trinajstić information content (AvgIpc) is 2.68. The second kappa shape index (κ2) is 8.43. The summed E-state index contributed by atoms with van der Waals surface area (Å²) in [6.45, 7) is 13.4. The van der Waals surface area contributed by atoms with E-state index in [1.165, 1.54) is 10.5 Å². The van der Waals surface area contributed by atoms with Crippen molar-refractivity contribution in [2.24, 2.45) is 0 Å². The topological polar surface area (TPSA) is 17.1 Å². The van der Waals surface area contributed by atoms with Crippen molar-refractivity contribution in [2.75, 3.05) is 0 Å². The molecule has 0 radical (unpaired) electrons. The van der Waals surface area contributed by atoms with Crippen LogP contribution in [0.1, 0.15) is 82.3 Å². The van der Waals surface area contributed by atoms with Gasteiger partial charge in [0.15, 0.2) is 5.78 Å². The summed E-state index contributed by atoms with van der Waals surface area (Å²) in [7, 11) is 0. The van der Waals surface area contributed by atoms with Crippen LogP contribution in [0.4, 0.5) is 0 Å². The van der Waals surface area contributed by atoms with Crippen molar-refractivity contribution in [1.82, 2.24) is 0 Å². The first-order valence-corrected chi connectivity index (χ1v) is 10.5. The van der Waals surface area contributed by atoms with Gasteiger partial charge >= 0.3 is 0 Å². The van der Waals surface area contributed by atoms with E-state index in [0.717, 1.165) is 30.4 Å². The van der Waals surface area contributed by atoms with Gasteiger partial charge in [0.1, 0.15) is 0 Å². The normalized spacial score (nSPS) is 12.2. The van der Waals surface area contributed by atoms with E-state index < -0.39 is 0 Å². The molecule has 0 spiro atoms. The predicted molar refractivity (Wildman–Crippen MR) is 114 cm³/mol. The number of ketones is 1. The minimum Gasteiger partial charge on any atom is -0.289 e. The van der Waals surface area contributed by atoms with Crippen LogP contribution in [0.25, 0.3) is 0 Å². The smallest absolute Gasteiger partial charge is 0.193 e. The van der Waals surface area contributed by atoms with E-state index in [1.54, 1.807) is 0 Å². The van der Waals surface area contributed by atoms with E-state index in [2.05, 4.69) is 65.8 Å². The van der Waals surface area contributed by atoms with E-state index in [1.807, 2.05) is 36.0 Å². The Morgan fingerprint density at radius 1 is 0.769 bits per heavy atom. The maximum Gasteiger partial charge on any atom is 0.193 e. The molecule has 0 heterocycles. The third kappa shape index (κ3) is 4.79. The largest absolute Gasteiger partial charge is 0.289 e. The fourth-order valence-electron chi connectivity index (χ4n) is 2.80. The molecule has 0 amide bonds. The van der Waals surface area contributed by atoms with Gasteiger partial charge < -0.3 is 0 Å². The standard InChI is InChI=1S/C24H32OS/c1-7-23(4,5)20-14-10-18(11-15-20)22(25)19-12-16-21(17-13-19)26-24(6,8-2)9-3/h10-17H,7-9H2,1-6H3. The van der Waals surface area contributed by atoms with Crippen molar-refractivity contribution in [1.29, 1.82) is 0 Å². The second-order valence-electron chi connectivity index (χ2n) is 7.93. The number of carbonyl (C=O) groups is 1. The lowest BCUT2D eigenvalue weighted by atomic mass is 9.82. The number of thioether (sulfide) groups is 1. The zero-order valence-corrected chi connectivity index (χ0v) is 17.9. The quantitative estimate of drug-likeness (QED) is 0.360. The minimum atomic E-state index is 0.0937. The third-order valence-corrected chi connectivity index (χ3v) is 7.37. The molecule has 0 N–H and O–H groups in total. The van der Waals surface area contributed by atoms with Crippen LogP contribution in [0.3, 0.4) is 0 Å². The van der Waals surface area contributed by atoms with Crippen LogP contribution in [-0.2, 0) is 5.41 Å². The Hall–Kier alpha value is -1.54. The van der Waals surface area contributed by atoms with Crippen molar-refractivity contribution >= 4 is 17.5 Å². The third-order valence-electron chi connectivity index (χ3n) is 5.79. The van der Waals surface area contributed by atoms with Gasteiger partial charge in [-0.1, -0.05) is 65.8 Å². The van der Waals surface area contributed by atoms with Crippen LogP contribution in [0.2, 0.25) is 0 Å². The van der Waals surface area contributed by atoms with Crippen LogP contribution < -0.4 is 0 Å². The lowest BCUT2D eigenvalue weighted by Crippen LogP contribution is -2.16. The van der Waals surface area contributed by atoms with Gasteiger partial charge in [0.2, 0.25) is 0 Å². The lowest BCUT2D eigenvalue weighted by molar-refractivity contribution is 0.103. The minimum absolute atomic E-state index is 0.0937. The molecule has 0 atom stereocenters. The lowest BCUT2D eigenvalue weighted by Gasteiger charge is -2.25. The highest BCUT2D eigenvalue weighted by Gasteiger charge is 2.21. The molecule has 0 aliphatic carbocycles. The highest BCUT2D eigenvalue weighted by molar-refractivity contribution is 8.00. The Kier molecular flexibility index (Phi) is 6.74. The van der Waals surface area contributed by atoms with Crippen molar-refractivity contribution in [3.8, 4) is 0 Å². The summed E-state index contributed by atoms with van der Waals surface area (Å²) in [5.74, 6) is 0.0937. The van der Waals surface area contributed by atoms with Crippen LogP contribution in [0, 0.1) is 0 Å². The first kappa shape index (κ1) is 20.8. The Morgan fingerprint density at radius 3 is 1.65 bits per heavy atom. The summed E-state index contributed by atoms with van der Waals surface area (Å²) in [5.41, 5.74) is 2.94. The van der Waals surface area contributed by atoms with Gasteiger partial charge in [-0.3, -0.25) is 4.79 Å². The van der Waals surface area contributed by atoms with E-state index in [9.17, 15) is 4.79 Å². The first-order valence-electron chi connectivity index (χ1n) is 9.69. The molecule has 2 aromatic rings. The average molecular weight is 369 g/mol. The number of carbonyl (C=O) groups excluding carboxylic acids is 1. The molecule has 0 saturated carbocycles. The highest BCUT2D eigenvalue weighted by Crippen LogP contribution is 2.38. The summed E-state index contributed by atoms with van der Waals surface area (Å²) >= 11 is 1.90. The van der Waals surface area contributed by atoms with Gasteiger partial charge in [0.05, 0.1) is 0 Å². The van der Waals surface area contributed by atoms with Gasteiger partial charge in [-0.2, -0.15) is 0 Å². The Labute approximate surface area is 163 Å². The van der Waals surface area contributed by atoms with Crippen molar-refractivity contribution in [3.05, 3.63) is 65.2 Å². The van der Waals surface area contributed by atoms with Crippen LogP contribution in [-0.4, -0.2) is 10.5 Å². The van der Waals surface area contributed by atoms with Gasteiger partial charge in [0.25, 0.3) is 0 Å². The predicted octanol–water partition coefficient (Wildman–Crippen LogP) is 7.28. The Balaban J connectivity index is 2.15. The van der Waals surface area contributed by atoms with Gasteiger partial charge in [-0.05, 0) is 54.5 Å². The highest BCUT2D eigenvalue weighted by atomic mass is 32.2. The van der Waals surface area contributed by atoms with Gasteiger partial charge in [-0.25, -0.2) is 0 Å². The second-order valence-corrected chi connectivity index (χ2v) is 9.59. The van der Waals surface area contributed by atoms with Crippen molar-refractivity contribution in [3.63, 3.8) is 0 Å². The van der Waals surface area contributed by atoms with Gasteiger partial charge in [0, 0.05) is 20.8 Å². The van der Waals surface area contributed by atoms with Crippen LogP contribution >= 0.6 is 11.8 Å². The summed E-state index contributed by atoms with van der Waals surface area (Å²) in [5, 5.41) is 0. The fraction of sp³-hybridized carbons (Fsp3) is 0.458. The van der Waals surface area contributed by atoms with Crippen molar-refractivity contribution < 1.29 is 4.79 Å². The molecule has 140 valence electrons. The number of rotatable bonds is 8. The Morgan fingerprint density at radius 2 is 1.23 bits per heavy atom. The summed E-state index contributed by atoms with van der Waals surface area (Å²) in [6, 6.07) is 16.2. The number of hydrogen-bond acceptors (Lipinski definition) is 2. The summed E-state index contributed by atoms with van der Waals surface area (Å²) < 4.78 is 0.257. The van der Waals surface area contributed by atoms with E-state index in [-0.39, 0.29) is 15.9 Å². The first-order chi connectivity index (χ1) is 12.2. The number of hydrogen-bond donors (Lipinski definition) is 0. The zero-order chi connectivity index (χ0) is 19.4. The molecule has 2 heteroatoms. The van der Waals surface area contributed by atoms with Crippen LogP contribution in [0.5, 0.6) is 0 Å². The zero-order valence-electron chi connectivity index (χ0n) is 17.1. The SMILES string of the molecule is CCC(C)(CC)Sc1ccc(C(=O)c2ccc(C(C)(C)CC)cc2)cc1. The van der Waals surface area contributed by atoms with E-state index >= 15 is 0 Å². The molecule has 26 heavy (non-hydrogen) atoms. The van der Waals surface area contributed by atoms with E-state index in [0.29, 0.717) is 0 Å². The molecule has 2 rings (SSSR count). The molecule has 1 nitrogen and oxygen atoms in total. The Bertz CT molecular complexity index is 722. The van der Waals surface area contributed by atoms with Crippen molar-refractivity contribution in [2.45, 2.75) is 75.9 Å². The summed E-state index contributed by atoms with van der Waals surface area (Å²) in [4.78, 5) is 14.0. The molecule has 0 fully saturated rings. The monoisotopic (exact) mass is 368 g/mol. The maximum atomic E-state index is 12.8. The van der Waals surface area contributed by atoms with E-state index in [4.69, 9.17) is 0 Å². The molecule has 0 unspecified atom stereocenters. The molecular weight excluding hydrogens is 336 g/mol. The molecule has 0 aliphatic rings. The molecule has 0 saturated heterocycles. The molecule has 0 aliphatic heterocycles.